The molecule has 1 rings (SSSR count). The van der Waals surface area contributed by atoms with Gasteiger partial charge in [-0.1, -0.05) is 21.0 Å². The Morgan fingerprint density at radius 1 is 1.46 bits per heavy atom. The van der Waals surface area contributed by atoms with Gasteiger partial charge in [0.1, 0.15) is 5.82 Å². The third-order valence-electron chi connectivity index (χ3n) is 1.49. The Bertz CT molecular complexity index is 327. The monoisotopic (exact) mass is 243 g/mol. The van der Waals surface area contributed by atoms with Crippen LogP contribution in [0, 0.1) is 5.82 Å². The standard InChI is InChI=1S/C8H7BrFN3/c9-7-3-6(1-2-12-13-11)4-8(10)5-7/h3-5H,1-2H2. The maximum Gasteiger partial charge on any atom is 0.124 e. The number of hydrogen-bond acceptors (Lipinski definition) is 1. The molecule has 0 amide bonds. The van der Waals surface area contributed by atoms with E-state index in [1.165, 1.54) is 12.1 Å². The lowest BCUT2D eigenvalue weighted by molar-refractivity contribution is 0.624. The first-order valence-corrected chi connectivity index (χ1v) is 4.47. The Hall–Kier alpha value is -1.06. The number of nitrogens with zero attached hydrogens (tertiary/aromatic N) is 3. The van der Waals surface area contributed by atoms with Crippen LogP contribution in [-0.4, -0.2) is 6.54 Å². The fourth-order valence-corrected chi connectivity index (χ4v) is 1.49. The highest BCUT2D eigenvalue weighted by molar-refractivity contribution is 9.10. The fourth-order valence-electron chi connectivity index (χ4n) is 0.979. The molecule has 0 fully saturated rings. The van der Waals surface area contributed by atoms with Crippen LogP contribution in [0.2, 0.25) is 0 Å². The van der Waals surface area contributed by atoms with Gasteiger partial charge in [0.15, 0.2) is 0 Å². The van der Waals surface area contributed by atoms with Crippen molar-refractivity contribution in [2.45, 2.75) is 6.42 Å². The minimum Gasteiger partial charge on any atom is -0.207 e. The lowest BCUT2D eigenvalue weighted by Crippen LogP contribution is -1.89. The molecule has 0 bridgehead atoms. The van der Waals surface area contributed by atoms with Crippen LogP contribution in [0.15, 0.2) is 27.8 Å². The SMILES string of the molecule is [N-]=[N+]=NCCc1cc(F)cc(Br)c1. The van der Waals surface area contributed by atoms with Crippen LogP contribution in [0.5, 0.6) is 0 Å². The molecule has 0 atom stereocenters. The summed E-state index contributed by atoms with van der Waals surface area (Å²) in [6.45, 7) is 0.354. The van der Waals surface area contributed by atoms with E-state index < -0.39 is 0 Å². The third kappa shape index (κ3) is 3.44. The lowest BCUT2D eigenvalue weighted by atomic mass is 10.1. The number of hydrogen-bond donors (Lipinski definition) is 0. The van der Waals surface area contributed by atoms with E-state index in [2.05, 4.69) is 26.0 Å². The molecule has 0 aliphatic heterocycles. The zero-order valence-corrected chi connectivity index (χ0v) is 8.33. The molecule has 1 aromatic rings. The zero-order valence-electron chi connectivity index (χ0n) is 6.74. The van der Waals surface area contributed by atoms with Crippen molar-refractivity contribution in [2.75, 3.05) is 6.54 Å². The largest absolute Gasteiger partial charge is 0.207 e. The van der Waals surface area contributed by atoms with Crippen molar-refractivity contribution in [1.82, 2.24) is 0 Å². The van der Waals surface area contributed by atoms with Gasteiger partial charge in [-0.05, 0) is 35.7 Å². The van der Waals surface area contributed by atoms with Crippen molar-refractivity contribution >= 4 is 15.9 Å². The predicted molar refractivity (Wildman–Crippen MR) is 51.8 cm³/mol. The van der Waals surface area contributed by atoms with Gasteiger partial charge in [-0.3, -0.25) is 0 Å². The van der Waals surface area contributed by atoms with Crippen molar-refractivity contribution in [1.29, 1.82) is 0 Å². The van der Waals surface area contributed by atoms with Crippen LogP contribution >= 0.6 is 15.9 Å². The topological polar surface area (TPSA) is 48.8 Å². The predicted octanol–water partition coefficient (Wildman–Crippen LogP) is 3.44. The molecule has 13 heavy (non-hydrogen) atoms. The van der Waals surface area contributed by atoms with Gasteiger partial charge in [-0.2, -0.15) is 0 Å². The van der Waals surface area contributed by atoms with Crippen LogP contribution in [0.1, 0.15) is 5.56 Å². The normalized spacial score (nSPS) is 9.38. The van der Waals surface area contributed by atoms with Crippen molar-refractivity contribution in [3.8, 4) is 0 Å². The van der Waals surface area contributed by atoms with E-state index in [4.69, 9.17) is 5.53 Å². The number of benzene rings is 1. The molecule has 0 aliphatic carbocycles. The summed E-state index contributed by atoms with van der Waals surface area (Å²) in [6.07, 6.45) is 0.556. The van der Waals surface area contributed by atoms with Crippen molar-refractivity contribution in [2.24, 2.45) is 5.11 Å². The highest BCUT2D eigenvalue weighted by atomic mass is 79.9. The van der Waals surface area contributed by atoms with Gasteiger partial charge < -0.3 is 0 Å². The van der Waals surface area contributed by atoms with E-state index in [-0.39, 0.29) is 5.82 Å². The molecule has 0 heterocycles. The van der Waals surface area contributed by atoms with Crippen molar-refractivity contribution < 1.29 is 4.39 Å². The molecule has 1 aromatic carbocycles. The van der Waals surface area contributed by atoms with Gasteiger partial charge in [-0.25, -0.2) is 4.39 Å². The van der Waals surface area contributed by atoms with Gasteiger partial charge >= 0.3 is 0 Å². The zero-order chi connectivity index (χ0) is 9.68. The van der Waals surface area contributed by atoms with E-state index >= 15 is 0 Å². The quantitative estimate of drug-likeness (QED) is 0.444. The van der Waals surface area contributed by atoms with Gasteiger partial charge in [0.05, 0.1) is 0 Å². The summed E-state index contributed by atoms with van der Waals surface area (Å²) < 4.78 is 13.5. The molecule has 68 valence electrons. The summed E-state index contributed by atoms with van der Waals surface area (Å²) in [4.78, 5) is 2.62. The maximum atomic E-state index is 12.8. The first-order valence-electron chi connectivity index (χ1n) is 3.68. The molecule has 3 nitrogen and oxygen atoms in total. The average molecular weight is 244 g/mol. The molecule has 0 saturated heterocycles. The highest BCUT2D eigenvalue weighted by Crippen LogP contribution is 2.15. The molecule has 5 heteroatoms. The first kappa shape index (κ1) is 10.0. The molecule has 0 aromatic heterocycles. The van der Waals surface area contributed by atoms with Gasteiger partial charge in [0.25, 0.3) is 0 Å². The van der Waals surface area contributed by atoms with E-state index in [1.54, 1.807) is 6.07 Å². The Labute approximate surface area is 83.3 Å². The summed E-state index contributed by atoms with van der Waals surface area (Å²) in [5, 5.41) is 3.37. The van der Waals surface area contributed by atoms with Crippen LogP contribution in [-0.2, 0) is 6.42 Å². The molecule has 0 N–H and O–H groups in total. The van der Waals surface area contributed by atoms with Gasteiger partial charge in [-0.15, -0.1) is 0 Å². The molecule has 0 aliphatic rings. The van der Waals surface area contributed by atoms with Crippen LogP contribution in [0.25, 0.3) is 10.4 Å². The number of rotatable bonds is 3. The molecular weight excluding hydrogens is 237 g/mol. The van der Waals surface area contributed by atoms with E-state index in [1.807, 2.05) is 0 Å². The fraction of sp³-hybridized carbons (Fsp3) is 0.250. The molecular formula is C8H7BrFN3. The smallest absolute Gasteiger partial charge is 0.124 e. The minimum atomic E-state index is -0.287. The molecule has 0 unspecified atom stereocenters. The van der Waals surface area contributed by atoms with Crippen LogP contribution in [0.4, 0.5) is 4.39 Å². The minimum absolute atomic E-state index is 0.287. The summed E-state index contributed by atoms with van der Waals surface area (Å²) in [5.41, 5.74) is 8.85. The first-order chi connectivity index (χ1) is 6.22. The summed E-state index contributed by atoms with van der Waals surface area (Å²) in [5.74, 6) is -0.287. The Kier molecular flexibility index (Phi) is 3.73. The second kappa shape index (κ2) is 4.84. The van der Waals surface area contributed by atoms with Crippen LogP contribution in [0.3, 0.4) is 0 Å². The Balaban J connectivity index is 2.71. The lowest BCUT2D eigenvalue weighted by Gasteiger charge is -1.99. The second-order valence-corrected chi connectivity index (χ2v) is 3.40. The number of halogens is 2. The molecule has 0 spiro atoms. The van der Waals surface area contributed by atoms with Crippen LogP contribution < -0.4 is 0 Å². The van der Waals surface area contributed by atoms with Crippen molar-refractivity contribution in [3.05, 3.63) is 44.5 Å². The Morgan fingerprint density at radius 2 is 2.23 bits per heavy atom. The third-order valence-corrected chi connectivity index (χ3v) is 1.94. The molecule has 0 saturated carbocycles. The summed E-state index contributed by atoms with van der Waals surface area (Å²) in [7, 11) is 0. The number of azide groups is 1. The summed E-state index contributed by atoms with van der Waals surface area (Å²) in [6, 6.07) is 4.62. The van der Waals surface area contributed by atoms with E-state index in [9.17, 15) is 4.39 Å². The Morgan fingerprint density at radius 3 is 2.85 bits per heavy atom. The van der Waals surface area contributed by atoms with E-state index in [0.717, 1.165) is 5.56 Å². The average Bonchev–Trinajstić information content (AvgIpc) is 2.03. The van der Waals surface area contributed by atoms with Crippen molar-refractivity contribution in [3.63, 3.8) is 0 Å². The van der Waals surface area contributed by atoms with Gasteiger partial charge in [0.2, 0.25) is 0 Å². The molecule has 0 radical (unpaired) electrons. The van der Waals surface area contributed by atoms with E-state index in [0.29, 0.717) is 17.4 Å². The maximum absolute atomic E-state index is 12.8. The highest BCUT2D eigenvalue weighted by Gasteiger charge is 1.97. The second-order valence-electron chi connectivity index (χ2n) is 2.48. The summed E-state index contributed by atoms with van der Waals surface area (Å²) >= 11 is 3.18. The van der Waals surface area contributed by atoms with Gasteiger partial charge in [0, 0.05) is 15.9 Å².